The molecule has 120 valence electrons. The van der Waals surface area contributed by atoms with Gasteiger partial charge >= 0.3 is 0 Å². The predicted octanol–water partition coefficient (Wildman–Crippen LogP) is 3.65. The molecule has 0 aromatic heterocycles. The van der Waals surface area contributed by atoms with Crippen LogP contribution in [0, 0.1) is 11.7 Å². The second kappa shape index (κ2) is 6.39. The molecule has 2 aliphatic heterocycles. The van der Waals surface area contributed by atoms with Crippen LogP contribution in [0.1, 0.15) is 18.9 Å². The third kappa shape index (κ3) is 2.54. The van der Waals surface area contributed by atoms with Crippen LogP contribution in [0.4, 0.5) is 8.78 Å². The molecule has 0 radical (unpaired) electrons. The molecular formula is C16H18F2INO2. The van der Waals surface area contributed by atoms with Crippen molar-refractivity contribution in [1.29, 1.82) is 0 Å². The normalized spacial score (nSPS) is 34.0. The van der Waals surface area contributed by atoms with Gasteiger partial charge in [-0.3, -0.25) is 0 Å². The van der Waals surface area contributed by atoms with Crippen LogP contribution in [-0.2, 0) is 15.0 Å². The molecule has 1 fully saturated rings. The summed E-state index contributed by atoms with van der Waals surface area (Å²) in [7, 11) is 0. The zero-order chi connectivity index (χ0) is 15.7. The van der Waals surface area contributed by atoms with Gasteiger partial charge in [0.05, 0.1) is 18.6 Å². The minimum absolute atomic E-state index is 0.172. The van der Waals surface area contributed by atoms with Crippen molar-refractivity contribution in [3.63, 3.8) is 0 Å². The molecule has 1 aromatic carbocycles. The van der Waals surface area contributed by atoms with E-state index in [2.05, 4.69) is 27.6 Å². The predicted molar refractivity (Wildman–Crippen MR) is 88.8 cm³/mol. The molecule has 22 heavy (non-hydrogen) atoms. The van der Waals surface area contributed by atoms with Crippen LogP contribution in [0.2, 0.25) is 0 Å². The highest BCUT2D eigenvalue weighted by molar-refractivity contribution is 14.1. The van der Waals surface area contributed by atoms with Crippen LogP contribution in [0.25, 0.3) is 0 Å². The molecule has 0 bridgehead atoms. The molecule has 0 aliphatic carbocycles. The summed E-state index contributed by atoms with van der Waals surface area (Å²) < 4.78 is 41.1. The van der Waals surface area contributed by atoms with Crippen LogP contribution in [0.15, 0.2) is 29.3 Å². The van der Waals surface area contributed by atoms with Crippen molar-refractivity contribution in [1.82, 2.24) is 0 Å². The summed E-state index contributed by atoms with van der Waals surface area (Å²) in [6.45, 7) is 1.32. The number of fused-ring (bicyclic) bond motifs is 1. The lowest BCUT2D eigenvalue weighted by atomic mass is 9.73. The molecule has 3 rings (SSSR count). The lowest BCUT2D eigenvalue weighted by Crippen LogP contribution is -2.50. The smallest absolute Gasteiger partial charge is 0.181 e. The van der Waals surface area contributed by atoms with Crippen LogP contribution < -0.4 is 0 Å². The Morgan fingerprint density at radius 1 is 1.41 bits per heavy atom. The van der Waals surface area contributed by atoms with E-state index in [4.69, 9.17) is 9.47 Å². The standard InChI is InChI=1S/C16H18F2INO2/c1-10-20-16(9-17,11-4-2-3-5-12(11)18)15-13(6-7-19)21-8-14(15)22-10/h2-5,13-15H,6-9H2,1H3/t13-,14+,15-,16+/m0/s1. The zero-order valence-electron chi connectivity index (χ0n) is 12.3. The number of benzene rings is 1. The van der Waals surface area contributed by atoms with E-state index >= 15 is 0 Å². The first-order chi connectivity index (χ1) is 10.6. The largest absolute Gasteiger partial charge is 0.475 e. The van der Waals surface area contributed by atoms with E-state index in [-0.39, 0.29) is 18.1 Å². The van der Waals surface area contributed by atoms with Gasteiger partial charge in [0.2, 0.25) is 0 Å². The van der Waals surface area contributed by atoms with Crippen LogP contribution in [-0.4, -0.2) is 35.8 Å². The van der Waals surface area contributed by atoms with Gasteiger partial charge in [-0.25, -0.2) is 13.8 Å². The summed E-state index contributed by atoms with van der Waals surface area (Å²) in [4.78, 5) is 4.44. The second-order valence-corrected chi connectivity index (χ2v) is 6.78. The number of rotatable bonds is 4. The molecule has 0 saturated carbocycles. The summed E-state index contributed by atoms with van der Waals surface area (Å²) in [6.07, 6.45) is 0.325. The number of ether oxygens (including phenoxy) is 2. The third-order valence-corrected chi connectivity index (χ3v) is 5.07. The van der Waals surface area contributed by atoms with Crippen molar-refractivity contribution >= 4 is 28.5 Å². The summed E-state index contributed by atoms with van der Waals surface area (Å²) in [5, 5.41) is 0. The first-order valence-corrected chi connectivity index (χ1v) is 8.86. The Hall–Kier alpha value is -0.760. The SMILES string of the molecule is CC1=N[C@](CF)(c2ccccc2F)[C@H]2[C@H](CCI)OC[C@H]2O1. The maximum atomic E-state index is 14.4. The van der Waals surface area contributed by atoms with Crippen LogP contribution in [0.3, 0.4) is 0 Å². The second-order valence-electron chi connectivity index (χ2n) is 5.70. The van der Waals surface area contributed by atoms with Gasteiger partial charge in [0, 0.05) is 16.9 Å². The monoisotopic (exact) mass is 421 g/mol. The Morgan fingerprint density at radius 3 is 2.86 bits per heavy atom. The van der Waals surface area contributed by atoms with Crippen LogP contribution in [0.5, 0.6) is 0 Å². The van der Waals surface area contributed by atoms with E-state index in [1.807, 2.05) is 0 Å². The molecule has 4 atom stereocenters. The molecule has 3 nitrogen and oxygen atoms in total. The Morgan fingerprint density at radius 2 is 2.18 bits per heavy atom. The number of halogens is 3. The van der Waals surface area contributed by atoms with Crippen molar-refractivity contribution in [2.75, 3.05) is 17.7 Å². The van der Waals surface area contributed by atoms with Gasteiger partial charge in [-0.1, -0.05) is 40.8 Å². The van der Waals surface area contributed by atoms with Crippen molar-refractivity contribution in [2.45, 2.75) is 31.1 Å². The van der Waals surface area contributed by atoms with E-state index in [1.54, 1.807) is 25.1 Å². The number of hydrogen-bond acceptors (Lipinski definition) is 3. The fraction of sp³-hybridized carbons (Fsp3) is 0.562. The topological polar surface area (TPSA) is 30.8 Å². The first kappa shape index (κ1) is 16.1. The van der Waals surface area contributed by atoms with Gasteiger partial charge in [-0.2, -0.15) is 0 Å². The van der Waals surface area contributed by atoms with E-state index < -0.39 is 18.0 Å². The third-order valence-electron chi connectivity index (χ3n) is 4.44. The molecule has 2 aliphatic rings. The summed E-state index contributed by atoms with van der Waals surface area (Å²) >= 11 is 2.27. The highest BCUT2D eigenvalue weighted by Crippen LogP contribution is 2.47. The van der Waals surface area contributed by atoms with Gasteiger partial charge in [-0.05, 0) is 12.5 Å². The van der Waals surface area contributed by atoms with Gasteiger partial charge in [-0.15, -0.1) is 0 Å². The highest BCUT2D eigenvalue weighted by Gasteiger charge is 2.56. The lowest BCUT2D eigenvalue weighted by molar-refractivity contribution is 0.0352. The van der Waals surface area contributed by atoms with Gasteiger partial charge in [0.25, 0.3) is 0 Å². The zero-order valence-corrected chi connectivity index (χ0v) is 14.4. The number of nitrogens with zero attached hydrogens (tertiary/aromatic N) is 1. The van der Waals surface area contributed by atoms with E-state index in [0.717, 1.165) is 10.8 Å². The Bertz CT molecular complexity index is 583. The molecule has 0 unspecified atom stereocenters. The average molecular weight is 421 g/mol. The average Bonchev–Trinajstić information content (AvgIpc) is 2.90. The highest BCUT2D eigenvalue weighted by atomic mass is 127. The van der Waals surface area contributed by atoms with E-state index in [0.29, 0.717) is 18.1 Å². The van der Waals surface area contributed by atoms with E-state index in [1.165, 1.54) is 6.07 Å². The summed E-state index contributed by atoms with van der Waals surface area (Å²) in [5.74, 6) is -0.355. The first-order valence-electron chi connectivity index (χ1n) is 7.34. The summed E-state index contributed by atoms with van der Waals surface area (Å²) in [5.41, 5.74) is -0.968. The molecule has 1 saturated heterocycles. The Labute approximate surface area is 142 Å². The minimum atomic E-state index is -1.26. The summed E-state index contributed by atoms with van der Waals surface area (Å²) in [6, 6.07) is 6.29. The van der Waals surface area contributed by atoms with E-state index in [9.17, 15) is 8.78 Å². The maximum Gasteiger partial charge on any atom is 0.181 e. The number of alkyl halides is 2. The van der Waals surface area contributed by atoms with Crippen molar-refractivity contribution in [3.05, 3.63) is 35.6 Å². The van der Waals surface area contributed by atoms with Crippen molar-refractivity contribution in [3.8, 4) is 0 Å². The fourth-order valence-corrected chi connectivity index (χ4v) is 4.22. The molecule has 0 spiro atoms. The van der Waals surface area contributed by atoms with Crippen molar-refractivity contribution in [2.24, 2.45) is 10.9 Å². The van der Waals surface area contributed by atoms with Gasteiger partial charge in [0.15, 0.2) is 5.90 Å². The Kier molecular flexibility index (Phi) is 4.68. The molecule has 0 N–H and O–H groups in total. The molecule has 0 amide bonds. The molecule has 6 heteroatoms. The number of aliphatic imine (C=N–C) groups is 1. The van der Waals surface area contributed by atoms with Crippen LogP contribution >= 0.6 is 22.6 Å². The van der Waals surface area contributed by atoms with Crippen molar-refractivity contribution < 1.29 is 18.3 Å². The number of hydrogen-bond donors (Lipinski definition) is 0. The lowest BCUT2D eigenvalue weighted by Gasteiger charge is -2.42. The fourth-order valence-electron chi connectivity index (χ4n) is 3.60. The van der Waals surface area contributed by atoms with Gasteiger partial charge in [0.1, 0.15) is 24.1 Å². The maximum absolute atomic E-state index is 14.4. The van der Waals surface area contributed by atoms with Gasteiger partial charge < -0.3 is 9.47 Å². The molecular weight excluding hydrogens is 403 g/mol. The molecule has 2 heterocycles. The Balaban J connectivity index is 2.13. The quantitative estimate of drug-likeness (QED) is 0.549. The molecule has 1 aromatic rings. The minimum Gasteiger partial charge on any atom is -0.475 e.